The first-order valence-electron chi connectivity index (χ1n) is 9.10. The van der Waals surface area contributed by atoms with Gasteiger partial charge in [0.25, 0.3) is 5.91 Å². The van der Waals surface area contributed by atoms with Crippen molar-refractivity contribution in [2.24, 2.45) is 0 Å². The van der Waals surface area contributed by atoms with E-state index in [2.05, 4.69) is 5.32 Å². The van der Waals surface area contributed by atoms with Crippen molar-refractivity contribution < 1.29 is 18.7 Å². The number of amides is 1. The fourth-order valence-corrected chi connectivity index (χ4v) is 3.33. The van der Waals surface area contributed by atoms with Crippen molar-refractivity contribution in [2.45, 2.75) is 25.4 Å². The Bertz CT molecular complexity index is 789. The van der Waals surface area contributed by atoms with E-state index < -0.39 is 0 Å². The van der Waals surface area contributed by atoms with Crippen LogP contribution in [0, 0.1) is 5.82 Å². The summed E-state index contributed by atoms with van der Waals surface area (Å²) in [6.45, 7) is 1.81. The minimum Gasteiger partial charge on any atom is -0.497 e. The van der Waals surface area contributed by atoms with Crippen molar-refractivity contribution in [2.75, 3.05) is 27.3 Å². The highest BCUT2D eigenvalue weighted by Gasteiger charge is 2.25. The number of carbonyl (C=O) groups excluding carboxylic acids is 1. The zero-order valence-corrected chi connectivity index (χ0v) is 15.7. The number of halogens is 1. The zero-order valence-electron chi connectivity index (χ0n) is 15.7. The van der Waals surface area contributed by atoms with Crippen LogP contribution in [0.4, 0.5) is 4.39 Å². The number of methoxy groups -OCH3 is 2. The minimum atomic E-state index is -0.191. The fraction of sp³-hybridized carbons (Fsp3) is 0.381. The molecule has 0 aromatic heterocycles. The Balaban J connectivity index is 1.56. The summed E-state index contributed by atoms with van der Waals surface area (Å²) >= 11 is 0. The van der Waals surface area contributed by atoms with Crippen LogP contribution in [0.5, 0.6) is 11.5 Å². The molecular formula is C21H25FN2O3. The topological polar surface area (TPSA) is 50.8 Å². The smallest absolute Gasteiger partial charge is 0.257 e. The first kappa shape index (κ1) is 19.2. The number of hydrogen-bond acceptors (Lipinski definition) is 4. The van der Waals surface area contributed by atoms with Crippen LogP contribution in [0.2, 0.25) is 0 Å². The molecule has 1 N–H and O–H groups in total. The number of hydrogen-bond donors (Lipinski definition) is 1. The Morgan fingerprint density at radius 3 is 2.56 bits per heavy atom. The lowest BCUT2D eigenvalue weighted by Crippen LogP contribution is -2.44. The number of nitrogens with one attached hydrogen (secondary N) is 1. The number of likely N-dealkylation sites (tertiary alicyclic amines) is 1. The maximum Gasteiger partial charge on any atom is 0.257 e. The molecule has 0 unspecified atom stereocenters. The van der Waals surface area contributed by atoms with Crippen molar-refractivity contribution >= 4 is 5.91 Å². The summed E-state index contributed by atoms with van der Waals surface area (Å²) < 4.78 is 24.2. The summed E-state index contributed by atoms with van der Waals surface area (Å²) in [6, 6.07) is 12.3. The van der Waals surface area contributed by atoms with Crippen LogP contribution in [0.15, 0.2) is 42.5 Å². The van der Waals surface area contributed by atoms with Gasteiger partial charge in [-0.2, -0.15) is 0 Å². The maximum atomic E-state index is 13.7. The van der Waals surface area contributed by atoms with Crippen LogP contribution in [0.3, 0.4) is 0 Å². The summed E-state index contributed by atoms with van der Waals surface area (Å²) in [5.41, 5.74) is 1.20. The summed E-state index contributed by atoms with van der Waals surface area (Å²) in [5, 5.41) is 3.40. The number of nitrogens with zero attached hydrogens (tertiary/aromatic N) is 1. The Morgan fingerprint density at radius 1 is 1.15 bits per heavy atom. The van der Waals surface area contributed by atoms with Crippen LogP contribution in [0.1, 0.15) is 28.8 Å². The third kappa shape index (κ3) is 4.57. The molecule has 1 fully saturated rings. The number of ether oxygens (including phenoxy) is 2. The second-order valence-corrected chi connectivity index (χ2v) is 6.60. The highest BCUT2D eigenvalue weighted by molar-refractivity contribution is 5.97. The molecule has 2 aromatic carbocycles. The third-order valence-corrected chi connectivity index (χ3v) is 4.96. The molecule has 1 aliphatic rings. The van der Waals surface area contributed by atoms with Gasteiger partial charge in [-0.15, -0.1) is 0 Å². The first-order valence-corrected chi connectivity index (χ1v) is 9.10. The van der Waals surface area contributed by atoms with Crippen LogP contribution in [0.25, 0.3) is 0 Å². The molecule has 2 aromatic rings. The van der Waals surface area contributed by atoms with Crippen molar-refractivity contribution in [3.05, 3.63) is 59.4 Å². The third-order valence-electron chi connectivity index (χ3n) is 4.96. The second kappa shape index (κ2) is 8.86. The Morgan fingerprint density at radius 2 is 1.89 bits per heavy atom. The van der Waals surface area contributed by atoms with Gasteiger partial charge in [0, 0.05) is 37.3 Å². The molecule has 0 aliphatic carbocycles. The molecule has 144 valence electrons. The summed E-state index contributed by atoms with van der Waals surface area (Å²) in [5.74, 6) is 0.935. The Labute approximate surface area is 159 Å². The normalized spacial score (nSPS) is 14.9. The minimum absolute atomic E-state index is 0.0398. The molecule has 1 saturated heterocycles. The van der Waals surface area contributed by atoms with Gasteiger partial charge < -0.3 is 19.7 Å². The molecule has 6 heteroatoms. The van der Waals surface area contributed by atoms with Crippen LogP contribution in [-0.2, 0) is 6.54 Å². The number of benzene rings is 2. The first-order chi connectivity index (χ1) is 13.1. The average Bonchev–Trinajstić information content (AvgIpc) is 2.72. The summed E-state index contributed by atoms with van der Waals surface area (Å²) in [7, 11) is 3.12. The van der Waals surface area contributed by atoms with Gasteiger partial charge in [0.05, 0.1) is 19.8 Å². The molecule has 1 heterocycles. The second-order valence-electron chi connectivity index (χ2n) is 6.60. The number of carbonyl (C=O) groups is 1. The van der Waals surface area contributed by atoms with Crippen LogP contribution >= 0.6 is 0 Å². The van der Waals surface area contributed by atoms with E-state index in [1.807, 2.05) is 11.0 Å². The van der Waals surface area contributed by atoms with Gasteiger partial charge in [0.15, 0.2) is 0 Å². The highest BCUT2D eigenvalue weighted by atomic mass is 19.1. The molecule has 0 saturated carbocycles. The van der Waals surface area contributed by atoms with Crippen molar-refractivity contribution in [1.82, 2.24) is 10.2 Å². The quantitative estimate of drug-likeness (QED) is 0.846. The molecule has 27 heavy (non-hydrogen) atoms. The van der Waals surface area contributed by atoms with Crippen LogP contribution < -0.4 is 14.8 Å². The lowest BCUT2D eigenvalue weighted by atomic mass is 10.0. The molecule has 0 spiro atoms. The lowest BCUT2D eigenvalue weighted by Gasteiger charge is -2.33. The molecule has 5 nitrogen and oxygen atoms in total. The van der Waals surface area contributed by atoms with Gasteiger partial charge in [-0.3, -0.25) is 4.79 Å². The molecule has 0 bridgehead atoms. The molecule has 1 amide bonds. The van der Waals surface area contributed by atoms with Gasteiger partial charge in [-0.25, -0.2) is 4.39 Å². The standard InChI is InChI=1S/C21H25FN2O3/c1-26-17-7-8-18(20(13-17)27-2)21(25)24-11-9-16(10-12-24)23-14-15-5-3-4-6-19(15)22/h3-8,13,16,23H,9-12,14H2,1-2H3. The Kier molecular flexibility index (Phi) is 6.29. The van der Waals surface area contributed by atoms with E-state index in [4.69, 9.17) is 9.47 Å². The lowest BCUT2D eigenvalue weighted by molar-refractivity contribution is 0.0701. The van der Waals surface area contributed by atoms with Gasteiger partial charge in [-0.1, -0.05) is 18.2 Å². The fourth-order valence-electron chi connectivity index (χ4n) is 3.33. The van der Waals surface area contributed by atoms with Gasteiger partial charge in [0.2, 0.25) is 0 Å². The maximum absolute atomic E-state index is 13.7. The van der Waals surface area contributed by atoms with Gasteiger partial charge in [0.1, 0.15) is 17.3 Å². The highest BCUT2D eigenvalue weighted by Crippen LogP contribution is 2.26. The van der Waals surface area contributed by atoms with Gasteiger partial charge >= 0.3 is 0 Å². The van der Waals surface area contributed by atoms with E-state index >= 15 is 0 Å². The van der Waals surface area contributed by atoms with E-state index in [1.54, 1.807) is 44.6 Å². The SMILES string of the molecule is COc1ccc(C(=O)N2CCC(NCc3ccccc3F)CC2)c(OC)c1. The van der Waals surface area contributed by atoms with Crippen LogP contribution in [-0.4, -0.2) is 44.2 Å². The van der Waals surface area contributed by atoms with E-state index in [0.29, 0.717) is 42.3 Å². The number of rotatable bonds is 6. The number of piperidine rings is 1. The van der Waals surface area contributed by atoms with E-state index in [9.17, 15) is 9.18 Å². The zero-order chi connectivity index (χ0) is 19.2. The molecule has 0 atom stereocenters. The molecule has 0 radical (unpaired) electrons. The Hall–Kier alpha value is -2.60. The van der Waals surface area contributed by atoms with E-state index in [0.717, 1.165) is 12.8 Å². The van der Waals surface area contributed by atoms with Crippen molar-refractivity contribution in [3.63, 3.8) is 0 Å². The average molecular weight is 372 g/mol. The molecular weight excluding hydrogens is 347 g/mol. The molecule has 1 aliphatic heterocycles. The largest absolute Gasteiger partial charge is 0.497 e. The summed E-state index contributed by atoms with van der Waals surface area (Å²) in [6.07, 6.45) is 1.66. The molecule has 3 rings (SSSR count). The predicted molar refractivity (Wildman–Crippen MR) is 102 cm³/mol. The monoisotopic (exact) mass is 372 g/mol. The van der Waals surface area contributed by atoms with Gasteiger partial charge in [-0.05, 0) is 31.0 Å². The van der Waals surface area contributed by atoms with Crippen molar-refractivity contribution in [1.29, 1.82) is 0 Å². The van der Waals surface area contributed by atoms with Crippen molar-refractivity contribution in [3.8, 4) is 11.5 Å². The van der Waals surface area contributed by atoms with E-state index in [1.165, 1.54) is 6.07 Å². The summed E-state index contributed by atoms with van der Waals surface area (Å²) in [4.78, 5) is 14.7. The predicted octanol–water partition coefficient (Wildman–Crippen LogP) is 3.24. The van der Waals surface area contributed by atoms with E-state index in [-0.39, 0.29) is 17.8 Å².